The quantitative estimate of drug-likeness (QED) is 0.422. The average molecular weight is 468 g/mol. The first-order valence-electron chi connectivity index (χ1n) is 10.4. The summed E-state index contributed by atoms with van der Waals surface area (Å²) in [5, 5.41) is 14.7. The molecule has 0 spiro atoms. The Hall–Kier alpha value is -3.83. The van der Waals surface area contributed by atoms with Gasteiger partial charge in [0.25, 0.3) is 0 Å². The minimum Gasteiger partial charge on any atom is -0.497 e. The van der Waals surface area contributed by atoms with Gasteiger partial charge < -0.3 is 23.9 Å². The fourth-order valence-corrected chi connectivity index (χ4v) is 3.51. The van der Waals surface area contributed by atoms with Crippen molar-refractivity contribution in [2.75, 3.05) is 27.9 Å². The predicted octanol–water partition coefficient (Wildman–Crippen LogP) is 2.23. The van der Waals surface area contributed by atoms with Crippen molar-refractivity contribution in [2.45, 2.75) is 12.6 Å². The van der Waals surface area contributed by atoms with Crippen molar-refractivity contribution in [2.24, 2.45) is 12.0 Å². The van der Waals surface area contributed by atoms with Crippen LogP contribution in [0.1, 0.15) is 0 Å². The lowest BCUT2D eigenvalue weighted by Gasteiger charge is -2.16. The molecule has 178 valence electrons. The van der Waals surface area contributed by atoms with E-state index in [1.807, 2.05) is 13.2 Å². The van der Waals surface area contributed by atoms with Crippen LogP contribution < -0.4 is 15.0 Å². The lowest BCUT2D eigenvalue weighted by atomic mass is 10.2. The third-order valence-electron chi connectivity index (χ3n) is 5.14. The van der Waals surface area contributed by atoms with E-state index >= 15 is 4.39 Å². The number of benzene rings is 1. The van der Waals surface area contributed by atoms with Crippen molar-refractivity contribution in [1.82, 2.24) is 24.3 Å². The van der Waals surface area contributed by atoms with Crippen molar-refractivity contribution in [3.63, 3.8) is 0 Å². The number of nitrogens with zero attached hydrogens (tertiary/aromatic N) is 6. The number of aliphatic hydroxyl groups is 1. The number of halogens is 1. The first kappa shape index (κ1) is 23.3. The van der Waals surface area contributed by atoms with Gasteiger partial charge in [-0.25, -0.2) is 14.4 Å². The number of pyridine rings is 1. The number of hydrogen-bond donors (Lipinski definition) is 1. The minimum atomic E-state index is -0.858. The van der Waals surface area contributed by atoms with Gasteiger partial charge in [0.2, 0.25) is 0 Å². The van der Waals surface area contributed by atoms with Gasteiger partial charge in [0.1, 0.15) is 22.4 Å². The van der Waals surface area contributed by atoms with Crippen LogP contribution in [0.2, 0.25) is 0 Å². The maximum Gasteiger partial charge on any atom is 0.190 e. The lowest BCUT2D eigenvalue weighted by Crippen LogP contribution is -2.30. The molecule has 10 nitrogen and oxygen atoms in total. The van der Waals surface area contributed by atoms with Crippen molar-refractivity contribution < 1.29 is 23.7 Å². The Morgan fingerprint density at radius 2 is 1.97 bits per heavy atom. The standard InChI is InChI=1S/C23H25FN6O4/c1-29-11-14(9-26-29)19-10-25-17-5-6-21(30(23(17)28-19)12-15(31)13-32-2)27-18-7-16(33-3)8-20(34-4)22(18)24/h5-11,15,31H,12-13H2,1-4H3/b27-21+. The van der Waals surface area contributed by atoms with Gasteiger partial charge in [-0.1, -0.05) is 0 Å². The van der Waals surface area contributed by atoms with Crippen LogP contribution in [0.15, 0.2) is 47.8 Å². The highest BCUT2D eigenvalue weighted by Crippen LogP contribution is 2.32. The van der Waals surface area contributed by atoms with E-state index in [0.717, 1.165) is 5.56 Å². The number of fused-ring (bicyclic) bond motifs is 1. The second-order valence-electron chi connectivity index (χ2n) is 7.55. The highest BCUT2D eigenvalue weighted by atomic mass is 19.1. The number of hydrogen-bond acceptors (Lipinski definition) is 8. The molecule has 34 heavy (non-hydrogen) atoms. The van der Waals surface area contributed by atoms with Crippen LogP contribution in [0, 0.1) is 5.82 Å². The Morgan fingerprint density at radius 3 is 2.65 bits per heavy atom. The molecule has 3 heterocycles. The van der Waals surface area contributed by atoms with Crippen LogP contribution >= 0.6 is 0 Å². The monoisotopic (exact) mass is 468 g/mol. The molecule has 1 unspecified atom stereocenters. The molecule has 0 aliphatic rings. The molecule has 1 N–H and O–H groups in total. The maximum atomic E-state index is 15.0. The Balaban J connectivity index is 1.95. The first-order valence-corrected chi connectivity index (χ1v) is 10.4. The molecule has 4 rings (SSSR count). The number of aliphatic hydroxyl groups excluding tert-OH is 1. The summed E-state index contributed by atoms with van der Waals surface area (Å²) in [5.41, 5.74) is 2.80. The van der Waals surface area contributed by atoms with Gasteiger partial charge in [0.05, 0.1) is 51.6 Å². The van der Waals surface area contributed by atoms with Gasteiger partial charge in [-0.05, 0) is 12.1 Å². The van der Waals surface area contributed by atoms with Gasteiger partial charge in [0.15, 0.2) is 17.2 Å². The molecule has 0 bridgehead atoms. The summed E-state index contributed by atoms with van der Waals surface area (Å²) < 4.78 is 33.8. The topological polar surface area (TPSA) is 109 Å². The molecule has 0 amide bonds. The molecule has 0 radical (unpaired) electrons. The lowest BCUT2D eigenvalue weighted by molar-refractivity contribution is 0.0536. The molecule has 11 heteroatoms. The summed E-state index contributed by atoms with van der Waals surface area (Å²) in [4.78, 5) is 13.8. The maximum absolute atomic E-state index is 15.0. The normalized spacial score (nSPS) is 12.8. The minimum absolute atomic E-state index is 0.00325. The zero-order valence-corrected chi connectivity index (χ0v) is 19.3. The van der Waals surface area contributed by atoms with E-state index in [0.29, 0.717) is 28.1 Å². The Labute approximate surface area is 194 Å². The first-order chi connectivity index (χ1) is 16.4. The van der Waals surface area contributed by atoms with Crippen LogP contribution in [0.3, 0.4) is 0 Å². The SMILES string of the molecule is COCC(O)Cn1/c(=N/c2cc(OC)cc(OC)c2F)ccc2ncc(-c3cnn(C)c3)nc21. The van der Waals surface area contributed by atoms with E-state index in [1.54, 1.807) is 33.8 Å². The summed E-state index contributed by atoms with van der Waals surface area (Å²) in [7, 11) is 6.16. The third-order valence-corrected chi connectivity index (χ3v) is 5.14. The van der Waals surface area contributed by atoms with Crippen molar-refractivity contribution >= 4 is 16.9 Å². The summed E-state index contributed by atoms with van der Waals surface area (Å²) in [6.45, 7) is 0.192. The van der Waals surface area contributed by atoms with Gasteiger partial charge >= 0.3 is 0 Å². The van der Waals surface area contributed by atoms with Crippen molar-refractivity contribution in [1.29, 1.82) is 0 Å². The molecular formula is C23H25FN6O4. The molecule has 0 aliphatic heterocycles. The highest BCUT2D eigenvalue weighted by Gasteiger charge is 2.15. The summed E-state index contributed by atoms with van der Waals surface area (Å²) in [5.74, 6) is -0.242. The number of methoxy groups -OCH3 is 3. The van der Waals surface area contributed by atoms with Gasteiger partial charge in [-0.15, -0.1) is 0 Å². The molecule has 1 aromatic carbocycles. The summed E-state index contributed by atoms with van der Waals surface area (Å²) in [6.07, 6.45) is 4.31. The fourth-order valence-electron chi connectivity index (χ4n) is 3.51. The predicted molar refractivity (Wildman–Crippen MR) is 122 cm³/mol. The Bertz CT molecular complexity index is 1380. The molecule has 0 saturated heterocycles. The zero-order valence-electron chi connectivity index (χ0n) is 19.3. The van der Waals surface area contributed by atoms with Crippen LogP contribution in [-0.2, 0) is 18.3 Å². The molecular weight excluding hydrogens is 443 g/mol. The van der Waals surface area contributed by atoms with Crippen LogP contribution in [0.5, 0.6) is 11.5 Å². The van der Waals surface area contributed by atoms with Crippen LogP contribution in [-0.4, -0.2) is 63.5 Å². The third kappa shape index (κ3) is 4.75. The van der Waals surface area contributed by atoms with E-state index in [2.05, 4.69) is 15.1 Å². The molecule has 0 aliphatic carbocycles. The Kier molecular flexibility index (Phi) is 6.85. The van der Waals surface area contributed by atoms with Crippen LogP contribution in [0.25, 0.3) is 22.4 Å². The van der Waals surface area contributed by atoms with Crippen molar-refractivity contribution in [3.8, 4) is 22.8 Å². The molecule has 1 atom stereocenters. The number of aryl methyl sites for hydroxylation is 1. The summed E-state index contributed by atoms with van der Waals surface area (Å²) >= 11 is 0. The smallest absolute Gasteiger partial charge is 0.190 e. The largest absolute Gasteiger partial charge is 0.497 e. The van der Waals surface area contributed by atoms with Crippen LogP contribution in [0.4, 0.5) is 10.1 Å². The number of rotatable bonds is 8. The van der Waals surface area contributed by atoms with E-state index in [4.69, 9.17) is 19.2 Å². The van der Waals surface area contributed by atoms with Gasteiger partial charge in [-0.2, -0.15) is 5.10 Å². The highest BCUT2D eigenvalue weighted by molar-refractivity contribution is 5.73. The van der Waals surface area contributed by atoms with E-state index in [9.17, 15) is 5.11 Å². The van der Waals surface area contributed by atoms with Gasteiger partial charge in [0, 0.05) is 38.1 Å². The Morgan fingerprint density at radius 1 is 1.15 bits per heavy atom. The molecule has 0 saturated carbocycles. The van der Waals surface area contributed by atoms with E-state index in [-0.39, 0.29) is 24.6 Å². The number of aromatic nitrogens is 5. The van der Waals surface area contributed by atoms with E-state index in [1.165, 1.54) is 33.5 Å². The fraction of sp³-hybridized carbons (Fsp3) is 0.304. The molecule has 4 aromatic rings. The molecule has 0 fully saturated rings. The second kappa shape index (κ2) is 9.98. The van der Waals surface area contributed by atoms with Crippen molar-refractivity contribution in [3.05, 3.63) is 54.2 Å². The van der Waals surface area contributed by atoms with Gasteiger partial charge in [-0.3, -0.25) is 9.67 Å². The second-order valence-corrected chi connectivity index (χ2v) is 7.55. The molecule has 3 aromatic heterocycles. The zero-order chi connectivity index (χ0) is 24.2. The number of ether oxygens (including phenoxy) is 3. The summed E-state index contributed by atoms with van der Waals surface area (Å²) in [6, 6.07) is 6.33. The average Bonchev–Trinajstić information content (AvgIpc) is 3.27. The van der Waals surface area contributed by atoms with E-state index < -0.39 is 11.9 Å².